The number of ketones is 1. The van der Waals surface area contributed by atoms with Crippen LogP contribution in [0.25, 0.3) is 0 Å². The zero-order valence-corrected chi connectivity index (χ0v) is 8.47. The van der Waals surface area contributed by atoms with Gasteiger partial charge in [-0.15, -0.1) is 11.6 Å². The van der Waals surface area contributed by atoms with E-state index in [4.69, 9.17) is 16.7 Å². The number of halogens is 1. The van der Waals surface area contributed by atoms with E-state index < -0.39 is 12.1 Å². The molecule has 4 nitrogen and oxygen atoms in total. The van der Waals surface area contributed by atoms with Crippen molar-refractivity contribution in [2.45, 2.75) is 26.3 Å². The molecule has 0 fully saturated rings. The molecule has 0 saturated carbocycles. The van der Waals surface area contributed by atoms with Crippen LogP contribution in [0.5, 0.6) is 0 Å². The van der Waals surface area contributed by atoms with E-state index in [0.717, 1.165) is 0 Å². The predicted molar refractivity (Wildman–Crippen MR) is 50.1 cm³/mol. The molecule has 0 aromatic heterocycles. The van der Waals surface area contributed by atoms with Crippen molar-refractivity contribution in [2.75, 3.05) is 5.88 Å². The van der Waals surface area contributed by atoms with Gasteiger partial charge in [0.25, 0.3) is 0 Å². The van der Waals surface area contributed by atoms with Gasteiger partial charge in [0, 0.05) is 0 Å². The van der Waals surface area contributed by atoms with Crippen LogP contribution in [0, 0.1) is 5.92 Å². The molecule has 5 heteroatoms. The molecular formula is C8H14ClNO3. The fourth-order valence-corrected chi connectivity index (χ4v) is 1.17. The molecular weight excluding hydrogens is 194 g/mol. The summed E-state index contributed by atoms with van der Waals surface area (Å²) in [6, 6.07) is -0.671. The Morgan fingerprint density at radius 3 is 2.31 bits per heavy atom. The summed E-state index contributed by atoms with van der Waals surface area (Å²) < 4.78 is 0. The molecule has 0 saturated heterocycles. The first kappa shape index (κ1) is 12.2. The van der Waals surface area contributed by atoms with Crippen molar-refractivity contribution in [3.05, 3.63) is 0 Å². The minimum Gasteiger partial charge on any atom is -0.465 e. The second kappa shape index (κ2) is 5.80. The molecule has 0 aliphatic rings. The van der Waals surface area contributed by atoms with Crippen molar-refractivity contribution in [3.63, 3.8) is 0 Å². The van der Waals surface area contributed by atoms with Crippen LogP contribution in [0.1, 0.15) is 20.3 Å². The normalized spacial score (nSPS) is 12.6. The lowest BCUT2D eigenvalue weighted by molar-refractivity contribution is -0.118. The summed E-state index contributed by atoms with van der Waals surface area (Å²) in [5.41, 5.74) is 0. The molecule has 0 aromatic carbocycles. The Balaban J connectivity index is 4.18. The number of nitrogens with one attached hydrogen (secondary N) is 1. The predicted octanol–water partition coefficient (Wildman–Crippen LogP) is 1.48. The average Bonchev–Trinajstić information content (AvgIpc) is 2.00. The molecule has 0 aliphatic heterocycles. The van der Waals surface area contributed by atoms with Crippen LogP contribution in [0.3, 0.4) is 0 Å². The van der Waals surface area contributed by atoms with Crippen LogP contribution in [-0.2, 0) is 4.79 Å². The second-order valence-corrected chi connectivity index (χ2v) is 3.50. The zero-order valence-electron chi connectivity index (χ0n) is 7.71. The highest BCUT2D eigenvalue weighted by molar-refractivity contribution is 6.28. The van der Waals surface area contributed by atoms with Gasteiger partial charge in [0.05, 0.1) is 11.9 Å². The van der Waals surface area contributed by atoms with Gasteiger partial charge in [-0.05, 0) is 12.3 Å². The summed E-state index contributed by atoms with van der Waals surface area (Å²) in [6.45, 7) is 3.83. The molecule has 0 aromatic rings. The molecule has 0 heterocycles. The van der Waals surface area contributed by atoms with E-state index in [2.05, 4.69) is 5.32 Å². The summed E-state index contributed by atoms with van der Waals surface area (Å²) in [5, 5.41) is 10.6. The smallest absolute Gasteiger partial charge is 0.405 e. The van der Waals surface area contributed by atoms with Gasteiger partial charge in [-0.1, -0.05) is 13.8 Å². The quantitative estimate of drug-likeness (QED) is 0.671. The molecule has 13 heavy (non-hydrogen) atoms. The van der Waals surface area contributed by atoms with Crippen LogP contribution in [0.4, 0.5) is 4.79 Å². The largest absolute Gasteiger partial charge is 0.465 e. The van der Waals surface area contributed by atoms with E-state index in [-0.39, 0.29) is 17.6 Å². The van der Waals surface area contributed by atoms with Crippen molar-refractivity contribution in [2.24, 2.45) is 5.92 Å². The highest BCUT2D eigenvalue weighted by atomic mass is 35.5. The van der Waals surface area contributed by atoms with Crippen LogP contribution < -0.4 is 5.32 Å². The minimum absolute atomic E-state index is 0.155. The van der Waals surface area contributed by atoms with Crippen LogP contribution in [0.15, 0.2) is 0 Å². The number of alkyl halides is 1. The minimum atomic E-state index is -1.19. The lowest BCUT2D eigenvalue weighted by Gasteiger charge is -2.16. The topological polar surface area (TPSA) is 66.4 Å². The van der Waals surface area contributed by atoms with Crippen LogP contribution >= 0.6 is 11.6 Å². The monoisotopic (exact) mass is 207 g/mol. The number of Topliss-reactive ketones (excluding diaryl/α,β-unsaturated/α-hetero) is 1. The van der Waals surface area contributed by atoms with Gasteiger partial charge in [0.2, 0.25) is 0 Å². The molecule has 0 radical (unpaired) electrons. The van der Waals surface area contributed by atoms with E-state index >= 15 is 0 Å². The standard InChI is InChI=1S/C8H14ClNO3/c1-5(2)3-6(7(11)4-9)10-8(12)13/h5-6,10H,3-4H2,1-2H3,(H,12,13). The number of hydrogen-bond donors (Lipinski definition) is 2. The van der Waals surface area contributed by atoms with Crippen LogP contribution in [0.2, 0.25) is 0 Å². The van der Waals surface area contributed by atoms with Crippen molar-refractivity contribution in [1.82, 2.24) is 5.32 Å². The number of hydrogen-bond acceptors (Lipinski definition) is 2. The van der Waals surface area contributed by atoms with Crippen molar-refractivity contribution in [1.29, 1.82) is 0 Å². The molecule has 0 aliphatic carbocycles. The first-order valence-corrected chi connectivity index (χ1v) is 4.59. The molecule has 0 rings (SSSR count). The fourth-order valence-electron chi connectivity index (χ4n) is 0.984. The Morgan fingerprint density at radius 2 is 2.00 bits per heavy atom. The summed E-state index contributed by atoms with van der Waals surface area (Å²) >= 11 is 5.33. The van der Waals surface area contributed by atoms with E-state index in [0.29, 0.717) is 6.42 Å². The van der Waals surface area contributed by atoms with Gasteiger partial charge >= 0.3 is 6.09 Å². The fraction of sp³-hybridized carbons (Fsp3) is 0.750. The van der Waals surface area contributed by atoms with Gasteiger partial charge in [0.15, 0.2) is 5.78 Å². The SMILES string of the molecule is CC(C)CC(NC(=O)O)C(=O)CCl. The van der Waals surface area contributed by atoms with E-state index in [1.807, 2.05) is 13.8 Å². The molecule has 1 amide bonds. The zero-order chi connectivity index (χ0) is 10.4. The maximum Gasteiger partial charge on any atom is 0.405 e. The molecule has 76 valence electrons. The highest BCUT2D eigenvalue weighted by Crippen LogP contribution is 2.06. The highest BCUT2D eigenvalue weighted by Gasteiger charge is 2.20. The van der Waals surface area contributed by atoms with Crippen molar-refractivity contribution < 1.29 is 14.7 Å². The van der Waals surface area contributed by atoms with Crippen molar-refractivity contribution >= 4 is 23.5 Å². The van der Waals surface area contributed by atoms with E-state index in [1.54, 1.807) is 0 Å². The van der Waals surface area contributed by atoms with Crippen LogP contribution in [-0.4, -0.2) is 28.9 Å². The third-order valence-electron chi connectivity index (χ3n) is 1.53. The summed E-state index contributed by atoms with van der Waals surface area (Å²) in [7, 11) is 0. The van der Waals surface area contributed by atoms with Gasteiger partial charge in [-0.2, -0.15) is 0 Å². The number of amides is 1. The van der Waals surface area contributed by atoms with Crippen molar-refractivity contribution in [3.8, 4) is 0 Å². The molecule has 2 N–H and O–H groups in total. The third kappa shape index (κ3) is 5.47. The Hall–Kier alpha value is -0.770. The lowest BCUT2D eigenvalue weighted by Crippen LogP contribution is -2.41. The Labute approximate surface area is 82.3 Å². The first-order valence-electron chi connectivity index (χ1n) is 4.05. The summed E-state index contributed by atoms with van der Waals surface area (Å²) in [5.74, 6) is -0.181. The lowest BCUT2D eigenvalue weighted by atomic mass is 10.0. The molecule has 1 atom stereocenters. The maximum atomic E-state index is 11.1. The van der Waals surface area contributed by atoms with E-state index in [9.17, 15) is 9.59 Å². The van der Waals surface area contributed by atoms with Gasteiger partial charge < -0.3 is 10.4 Å². The number of carboxylic acid groups (broad SMARTS) is 1. The van der Waals surface area contributed by atoms with Gasteiger partial charge in [-0.3, -0.25) is 4.79 Å². The number of carbonyl (C=O) groups excluding carboxylic acids is 1. The summed E-state index contributed by atoms with van der Waals surface area (Å²) in [4.78, 5) is 21.4. The Morgan fingerprint density at radius 1 is 1.46 bits per heavy atom. The Bertz CT molecular complexity index is 194. The molecule has 0 bridgehead atoms. The summed E-state index contributed by atoms with van der Waals surface area (Å²) in [6.07, 6.45) is -0.707. The molecule has 0 spiro atoms. The number of rotatable bonds is 5. The Kier molecular flexibility index (Phi) is 5.46. The van der Waals surface area contributed by atoms with Gasteiger partial charge in [0.1, 0.15) is 0 Å². The molecule has 1 unspecified atom stereocenters. The third-order valence-corrected chi connectivity index (χ3v) is 1.79. The van der Waals surface area contributed by atoms with Gasteiger partial charge in [-0.25, -0.2) is 4.79 Å². The average molecular weight is 208 g/mol. The first-order chi connectivity index (χ1) is 5.97. The second-order valence-electron chi connectivity index (χ2n) is 3.23. The maximum absolute atomic E-state index is 11.1. The number of carbonyl (C=O) groups is 2. The van der Waals surface area contributed by atoms with E-state index in [1.165, 1.54) is 0 Å².